The summed E-state index contributed by atoms with van der Waals surface area (Å²) >= 11 is 1.23. The van der Waals surface area contributed by atoms with E-state index in [2.05, 4.69) is 9.71 Å². The second kappa shape index (κ2) is 8.12. The standard InChI is InChI=1S/C18H18FN3O3S2/c1-2-15-7-8-18(26-15)27(24,25)21-9-10-22-12-20-16(11-17(22)23)13-3-5-14(19)6-4-13/h3-8,11-12,21H,2,9-10H2,1H3. The largest absolute Gasteiger partial charge is 0.298 e. The summed E-state index contributed by atoms with van der Waals surface area (Å²) in [6.07, 6.45) is 2.14. The number of halogens is 1. The Morgan fingerprint density at radius 1 is 1.19 bits per heavy atom. The Bertz CT molecular complexity index is 1090. The van der Waals surface area contributed by atoms with Gasteiger partial charge in [0, 0.05) is 29.6 Å². The molecular formula is C18H18FN3O3S2. The highest BCUT2D eigenvalue weighted by Gasteiger charge is 2.16. The smallest absolute Gasteiger partial charge is 0.253 e. The van der Waals surface area contributed by atoms with Gasteiger partial charge in [0.25, 0.3) is 5.56 Å². The maximum absolute atomic E-state index is 13.0. The second-order valence-electron chi connectivity index (χ2n) is 5.78. The van der Waals surface area contributed by atoms with Crippen LogP contribution in [-0.4, -0.2) is 24.5 Å². The maximum Gasteiger partial charge on any atom is 0.253 e. The van der Waals surface area contributed by atoms with E-state index < -0.39 is 10.0 Å². The van der Waals surface area contributed by atoms with Gasteiger partial charge in [0.15, 0.2) is 0 Å². The van der Waals surface area contributed by atoms with Crippen molar-refractivity contribution >= 4 is 21.4 Å². The van der Waals surface area contributed by atoms with Crippen LogP contribution in [0.1, 0.15) is 11.8 Å². The van der Waals surface area contributed by atoms with Crippen LogP contribution in [-0.2, 0) is 23.0 Å². The number of hydrogen-bond acceptors (Lipinski definition) is 5. The number of aromatic nitrogens is 2. The lowest BCUT2D eigenvalue weighted by molar-refractivity contribution is 0.570. The quantitative estimate of drug-likeness (QED) is 0.653. The molecule has 1 aromatic carbocycles. The predicted molar refractivity (Wildman–Crippen MR) is 103 cm³/mol. The molecule has 0 saturated carbocycles. The third kappa shape index (κ3) is 4.68. The van der Waals surface area contributed by atoms with Crippen LogP contribution in [0.3, 0.4) is 0 Å². The van der Waals surface area contributed by atoms with Gasteiger partial charge in [-0.05, 0) is 42.8 Å². The summed E-state index contributed by atoms with van der Waals surface area (Å²) in [5.41, 5.74) is 0.751. The van der Waals surface area contributed by atoms with Crippen LogP contribution in [0.2, 0.25) is 0 Å². The molecule has 2 heterocycles. The molecule has 2 aromatic heterocycles. The highest BCUT2D eigenvalue weighted by molar-refractivity contribution is 7.91. The lowest BCUT2D eigenvalue weighted by atomic mass is 10.1. The maximum atomic E-state index is 13.0. The van der Waals surface area contributed by atoms with E-state index in [1.165, 1.54) is 40.4 Å². The molecule has 0 amide bonds. The highest BCUT2D eigenvalue weighted by Crippen LogP contribution is 2.21. The van der Waals surface area contributed by atoms with Gasteiger partial charge < -0.3 is 0 Å². The number of nitrogens with one attached hydrogen (secondary N) is 1. The van der Waals surface area contributed by atoms with Crippen LogP contribution in [0.5, 0.6) is 0 Å². The van der Waals surface area contributed by atoms with Crippen LogP contribution in [0, 0.1) is 5.82 Å². The van der Waals surface area contributed by atoms with E-state index in [9.17, 15) is 17.6 Å². The molecule has 0 aliphatic carbocycles. The number of benzene rings is 1. The van der Waals surface area contributed by atoms with Crippen molar-refractivity contribution in [3.8, 4) is 11.3 Å². The number of thiophene rings is 1. The van der Waals surface area contributed by atoms with Crippen molar-refractivity contribution in [1.82, 2.24) is 14.3 Å². The Morgan fingerprint density at radius 3 is 2.56 bits per heavy atom. The van der Waals surface area contributed by atoms with Crippen molar-refractivity contribution in [2.45, 2.75) is 24.1 Å². The van der Waals surface area contributed by atoms with Crippen LogP contribution in [0.15, 0.2) is 57.8 Å². The van der Waals surface area contributed by atoms with Crippen LogP contribution < -0.4 is 10.3 Å². The first kappa shape index (κ1) is 19.4. The lowest BCUT2D eigenvalue weighted by Gasteiger charge is -2.08. The molecule has 27 heavy (non-hydrogen) atoms. The number of rotatable bonds is 7. The molecule has 9 heteroatoms. The molecule has 0 unspecified atom stereocenters. The first-order valence-electron chi connectivity index (χ1n) is 8.30. The van der Waals surface area contributed by atoms with Gasteiger partial charge in [-0.1, -0.05) is 6.92 Å². The average molecular weight is 407 g/mol. The van der Waals surface area contributed by atoms with Gasteiger partial charge in [-0.15, -0.1) is 11.3 Å². The summed E-state index contributed by atoms with van der Waals surface area (Å²) < 4.78 is 41.6. The third-order valence-corrected chi connectivity index (χ3v) is 7.10. The van der Waals surface area contributed by atoms with Crippen molar-refractivity contribution in [3.05, 3.63) is 69.8 Å². The topological polar surface area (TPSA) is 81.1 Å². The Balaban J connectivity index is 1.66. The molecule has 142 valence electrons. The van der Waals surface area contributed by atoms with Crippen LogP contribution >= 0.6 is 11.3 Å². The zero-order valence-corrected chi connectivity index (χ0v) is 16.2. The normalized spacial score (nSPS) is 11.6. The molecule has 6 nitrogen and oxygen atoms in total. The van der Waals surface area contributed by atoms with Gasteiger partial charge in [0.2, 0.25) is 10.0 Å². The van der Waals surface area contributed by atoms with Gasteiger partial charge in [-0.3, -0.25) is 9.36 Å². The monoisotopic (exact) mass is 407 g/mol. The molecule has 0 radical (unpaired) electrons. The summed E-state index contributed by atoms with van der Waals surface area (Å²) in [5, 5.41) is 0. The Hall–Kier alpha value is -2.36. The predicted octanol–water partition coefficient (Wildman–Crippen LogP) is 2.65. The van der Waals surface area contributed by atoms with Gasteiger partial charge in [-0.25, -0.2) is 22.5 Å². The minimum absolute atomic E-state index is 0.0686. The Morgan fingerprint density at radius 2 is 1.93 bits per heavy atom. The molecule has 0 aliphatic rings. The fraction of sp³-hybridized carbons (Fsp3) is 0.222. The molecule has 3 aromatic rings. The van der Waals surface area contributed by atoms with E-state index >= 15 is 0 Å². The number of nitrogens with zero attached hydrogens (tertiary/aromatic N) is 2. The van der Waals surface area contributed by atoms with Gasteiger partial charge in [0.05, 0.1) is 12.0 Å². The van der Waals surface area contributed by atoms with E-state index in [4.69, 9.17) is 0 Å². The summed E-state index contributed by atoms with van der Waals surface area (Å²) in [4.78, 5) is 17.4. The molecule has 0 spiro atoms. The highest BCUT2D eigenvalue weighted by atomic mass is 32.2. The molecular weight excluding hydrogens is 389 g/mol. The van der Waals surface area contributed by atoms with Crippen molar-refractivity contribution < 1.29 is 12.8 Å². The Labute approximate surface area is 160 Å². The fourth-order valence-electron chi connectivity index (χ4n) is 2.44. The first-order valence-corrected chi connectivity index (χ1v) is 10.6. The molecule has 0 fully saturated rings. The van der Waals surface area contributed by atoms with Gasteiger partial charge >= 0.3 is 0 Å². The minimum Gasteiger partial charge on any atom is -0.298 e. The summed E-state index contributed by atoms with van der Waals surface area (Å²) in [6.45, 7) is 2.19. The van der Waals surface area contributed by atoms with Gasteiger partial charge in [0.1, 0.15) is 10.0 Å². The van der Waals surface area contributed by atoms with Crippen molar-refractivity contribution in [1.29, 1.82) is 0 Å². The molecule has 3 rings (SSSR count). The zero-order valence-electron chi connectivity index (χ0n) is 14.6. The molecule has 0 bridgehead atoms. The summed E-state index contributed by atoms with van der Waals surface area (Å²) in [6, 6.07) is 10.4. The van der Waals surface area contributed by atoms with E-state index in [1.807, 2.05) is 6.92 Å². The number of hydrogen-bond donors (Lipinski definition) is 1. The van der Waals surface area contributed by atoms with Crippen molar-refractivity contribution in [2.75, 3.05) is 6.54 Å². The fourth-order valence-corrected chi connectivity index (χ4v) is 4.80. The van der Waals surface area contributed by atoms with E-state index in [1.54, 1.807) is 24.3 Å². The van der Waals surface area contributed by atoms with E-state index in [0.717, 1.165) is 11.3 Å². The summed E-state index contributed by atoms with van der Waals surface area (Å²) in [5.74, 6) is -0.365. The first-order chi connectivity index (χ1) is 12.9. The van der Waals surface area contributed by atoms with E-state index in [-0.39, 0.29) is 28.7 Å². The number of aryl methyl sites for hydroxylation is 1. The minimum atomic E-state index is -3.59. The van der Waals surface area contributed by atoms with Crippen molar-refractivity contribution in [3.63, 3.8) is 0 Å². The van der Waals surface area contributed by atoms with E-state index in [0.29, 0.717) is 11.3 Å². The molecule has 0 saturated heterocycles. The molecule has 0 atom stereocenters. The SMILES string of the molecule is CCc1ccc(S(=O)(=O)NCCn2cnc(-c3ccc(F)cc3)cc2=O)s1. The molecule has 0 aliphatic heterocycles. The van der Waals surface area contributed by atoms with Crippen LogP contribution in [0.4, 0.5) is 4.39 Å². The zero-order chi connectivity index (χ0) is 19.4. The lowest BCUT2D eigenvalue weighted by Crippen LogP contribution is -2.30. The number of sulfonamides is 1. The summed E-state index contributed by atoms with van der Waals surface area (Å²) in [7, 11) is -3.59. The second-order valence-corrected chi connectivity index (χ2v) is 8.95. The van der Waals surface area contributed by atoms with Gasteiger partial charge in [-0.2, -0.15) is 0 Å². The molecule has 1 N–H and O–H groups in total. The Kier molecular flexibility index (Phi) is 5.83. The van der Waals surface area contributed by atoms with Crippen molar-refractivity contribution in [2.24, 2.45) is 0 Å². The average Bonchev–Trinajstić information content (AvgIpc) is 3.14. The third-order valence-electron chi connectivity index (χ3n) is 3.91. The van der Waals surface area contributed by atoms with Crippen LogP contribution in [0.25, 0.3) is 11.3 Å².